The number of rotatable bonds is 5. The minimum absolute atomic E-state index is 0.104. The molecule has 1 fully saturated rings. The highest BCUT2D eigenvalue weighted by atomic mass is 35.5. The lowest BCUT2D eigenvalue weighted by Crippen LogP contribution is -2.30. The molecule has 2 rings (SSSR count). The first-order valence-corrected chi connectivity index (χ1v) is 6.96. The summed E-state index contributed by atoms with van der Waals surface area (Å²) in [4.78, 5) is 11.7. The van der Waals surface area contributed by atoms with Crippen LogP contribution in [0.25, 0.3) is 0 Å². The number of carbonyl (C=O) groups excluding carboxylic acids is 1. The number of piperidine rings is 1. The van der Waals surface area contributed by atoms with Crippen LogP contribution in [0.1, 0.15) is 12.8 Å². The van der Waals surface area contributed by atoms with E-state index in [0.29, 0.717) is 17.5 Å². The van der Waals surface area contributed by atoms with Crippen LogP contribution >= 0.6 is 11.6 Å². The molecule has 1 aliphatic heterocycles. The molecule has 0 bridgehead atoms. The van der Waals surface area contributed by atoms with Gasteiger partial charge in [-0.05, 0) is 56.1 Å². The Balaban J connectivity index is 1.65. The zero-order chi connectivity index (χ0) is 13.5. The number of hydrogen-bond acceptors (Lipinski definition) is 3. The summed E-state index contributed by atoms with van der Waals surface area (Å²) in [6.45, 7) is 2.86. The van der Waals surface area contributed by atoms with E-state index < -0.39 is 0 Å². The summed E-state index contributed by atoms with van der Waals surface area (Å²) >= 11 is 5.78. The molecule has 0 spiro atoms. The van der Waals surface area contributed by atoms with Crippen molar-refractivity contribution in [3.05, 3.63) is 29.3 Å². The van der Waals surface area contributed by atoms with E-state index in [1.165, 1.54) is 0 Å². The minimum Gasteiger partial charge on any atom is -0.371 e. The number of nitrogens with one attached hydrogen (secondary N) is 2. The topological polar surface area (TPSA) is 50.4 Å². The highest BCUT2D eigenvalue weighted by Crippen LogP contribution is 2.14. The largest absolute Gasteiger partial charge is 0.371 e. The Labute approximate surface area is 118 Å². The molecular weight excluding hydrogens is 264 g/mol. The maximum absolute atomic E-state index is 11.7. The van der Waals surface area contributed by atoms with Crippen LogP contribution in [0.2, 0.25) is 5.02 Å². The van der Waals surface area contributed by atoms with Gasteiger partial charge in [0.05, 0.1) is 6.61 Å². The number of amides is 1. The lowest BCUT2D eigenvalue weighted by molar-refractivity contribution is -0.121. The Morgan fingerprint density at radius 1 is 1.32 bits per heavy atom. The molecule has 0 unspecified atom stereocenters. The van der Waals surface area contributed by atoms with Crippen molar-refractivity contribution >= 4 is 23.2 Å². The van der Waals surface area contributed by atoms with E-state index in [2.05, 4.69) is 10.6 Å². The SMILES string of the molecule is O=C(COCC1CCNCC1)Nc1ccc(Cl)cc1. The van der Waals surface area contributed by atoms with E-state index in [4.69, 9.17) is 16.3 Å². The van der Waals surface area contributed by atoms with Crippen LogP contribution in [0.15, 0.2) is 24.3 Å². The fourth-order valence-corrected chi connectivity index (χ4v) is 2.22. The van der Waals surface area contributed by atoms with Gasteiger partial charge in [0.1, 0.15) is 6.61 Å². The van der Waals surface area contributed by atoms with Gasteiger partial charge >= 0.3 is 0 Å². The van der Waals surface area contributed by atoms with Gasteiger partial charge < -0.3 is 15.4 Å². The average Bonchev–Trinajstić information content (AvgIpc) is 2.43. The van der Waals surface area contributed by atoms with Crippen molar-refractivity contribution in [2.75, 3.05) is 31.6 Å². The van der Waals surface area contributed by atoms with Gasteiger partial charge in [-0.3, -0.25) is 4.79 Å². The zero-order valence-corrected chi connectivity index (χ0v) is 11.6. The second-order valence-electron chi connectivity index (χ2n) is 4.76. The lowest BCUT2D eigenvalue weighted by Gasteiger charge is -2.22. The van der Waals surface area contributed by atoms with Crippen LogP contribution in [0.4, 0.5) is 5.69 Å². The van der Waals surface area contributed by atoms with E-state index in [0.717, 1.165) is 31.6 Å². The smallest absolute Gasteiger partial charge is 0.250 e. The molecule has 0 aliphatic carbocycles. The van der Waals surface area contributed by atoms with E-state index >= 15 is 0 Å². The quantitative estimate of drug-likeness (QED) is 0.871. The molecule has 0 atom stereocenters. The molecule has 1 amide bonds. The molecule has 104 valence electrons. The number of halogens is 1. The second kappa shape index (κ2) is 7.48. The van der Waals surface area contributed by atoms with Crippen LogP contribution in [0.5, 0.6) is 0 Å². The van der Waals surface area contributed by atoms with Crippen LogP contribution in [-0.4, -0.2) is 32.2 Å². The van der Waals surface area contributed by atoms with Crippen LogP contribution in [-0.2, 0) is 9.53 Å². The van der Waals surface area contributed by atoms with Crippen LogP contribution in [0.3, 0.4) is 0 Å². The Morgan fingerprint density at radius 2 is 2.00 bits per heavy atom. The van der Waals surface area contributed by atoms with Crippen molar-refractivity contribution < 1.29 is 9.53 Å². The van der Waals surface area contributed by atoms with Gasteiger partial charge in [0, 0.05) is 10.7 Å². The molecule has 1 aliphatic rings. The van der Waals surface area contributed by atoms with Crippen LogP contribution < -0.4 is 10.6 Å². The first-order valence-electron chi connectivity index (χ1n) is 6.58. The van der Waals surface area contributed by atoms with Gasteiger partial charge in [-0.1, -0.05) is 11.6 Å². The van der Waals surface area contributed by atoms with E-state index in [9.17, 15) is 4.79 Å². The summed E-state index contributed by atoms with van der Waals surface area (Å²) in [5.41, 5.74) is 0.736. The molecule has 0 aromatic heterocycles. The molecule has 0 saturated carbocycles. The van der Waals surface area contributed by atoms with E-state index in [1.807, 2.05) is 0 Å². The first-order chi connectivity index (χ1) is 9.24. The Morgan fingerprint density at radius 3 is 2.68 bits per heavy atom. The van der Waals surface area contributed by atoms with E-state index in [-0.39, 0.29) is 12.5 Å². The third kappa shape index (κ3) is 5.19. The fourth-order valence-electron chi connectivity index (χ4n) is 2.10. The van der Waals surface area contributed by atoms with Gasteiger partial charge in [-0.2, -0.15) is 0 Å². The highest BCUT2D eigenvalue weighted by Gasteiger charge is 2.13. The van der Waals surface area contributed by atoms with Crippen molar-refractivity contribution in [2.24, 2.45) is 5.92 Å². The average molecular weight is 283 g/mol. The number of anilines is 1. The van der Waals surface area contributed by atoms with Crippen molar-refractivity contribution in [3.63, 3.8) is 0 Å². The normalized spacial score (nSPS) is 16.3. The van der Waals surface area contributed by atoms with Crippen molar-refractivity contribution in [1.82, 2.24) is 5.32 Å². The van der Waals surface area contributed by atoms with Crippen molar-refractivity contribution in [1.29, 1.82) is 0 Å². The zero-order valence-electron chi connectivity index (χ0n) is 10.8. The number of benzene rings is 1. The van der Waals surface area contributed by atoms with Crippen LogP contribution in [0, 0.1) is 5.92 Å². The Hall–Kier alpha value is -1.10. The minimum atomic E-state index is -0.128. The van der Waals surface area contributed by atoms with Crippen molar-refractivity contribution in [2.45, 2.75) is 12.8 Å². The molecule has 1 heterocycles. The maximum Gasteiger partial charge on any atom is 0.250 e. The standard InChI is InChI=1S/C14H19ClN2O2/c15-12-1-3-13(4-2-12)17-14(18)10-19-9-11-5-7-16-8-6-11/h1-4,11,16H,5-10H2,(H,17,18). The summed E-state index contributed by atoms with van der Waals surface area (Å²) in [6.07, 6.45) is 2.25. The predicted octanol–water partition coefficient (Wildman–Crippen LogP) is 2.29. The highest BCUT2D eigenvalue weighted by molar-refractivity contribution is 6.30. The van der Waals surface area contributed by atoms with Gasteiger partial charge in [0.25, 0.3) is 0 Å². The maximum atomic E-state index is 11.7. The third-order valence-electron chi connectivity index (χ3n) is 3.17. The third-order valence-corrected chi connectivity index (χ3v) is 3.43. The molecule has 19 heavy (non-hydrogen) atoms. The number of hydrogen-bond donors (Lipinski definition) is 2. The monoisotopic (exact) mass is 282 g/mol. The Kier molecular flexibility index (Phi) is 5.63. The molecule has 4 nitrogen and oxygen atoms in total. The van der Waals surface area contributed by atoms with Gasteiger partial charge in [0.15, 0.2) is 0 Å². The first kappa shape index (κ1) is 14.3. The molecule has 2 N–H and O–H groups in total. The van der Waals surface area contributed by atoms with Gasteiger partial charge in [0.2, 0.25) is 5.91 Å². The molecule has 0 radical (unpaired) electrons. The molecule has 1 saturated heterocycles. The van der Waals surface area contributed by atoms with Gasteiger partial charge in [-0.15, -0.1) is 0 Å². The predicted molar refractivity (Wildman–Crippen MR) is 76.5 cm³/mol. The molecule has 1 aromatic carbocycles. The summed E-state index contributed by atoms with van der Waals surface area (Å²) in [6, 6.07) is 7.03. The summed E-state index contributed by atoms with van der Waals surface area (Å²) < 4.78 is 5.46. The lowest BCUT2D eigenvalue weighted by atomic mass is 9.99. The molecule has 5 heteroatoms. The molecular formula is C14H19ClN2O2. The number of ether oxygens (including phenoxy) is 1. The number of carbonyl (C=O) groups is 1. The van der Waals surface area contributed by atoms with Gasteiger partial charge in [-0.25, -0.2) is 0 Å². The van der Waals surface area contributed by atoms with Crippen molar-refractivity contribution in [3.8, 4) is 0 Å². The van der Waals surface area contributed by atoms with E-state index in [1.54, 1.807) is 24.3 Å². The fraction of sp³-hybridized carbons (Fsp3) is 0.500. The second-order valence-corrected chi connectivity index (χ2v) is 5.20. The molecule has 1 aromatic rings. The summed E-state index contributed by atoms with van der Waals surface area (Å²) in [5, 5.41) is 6.73. The Bertz CT molecular complexity index is 402. The summed E-state index contributed by atoms with van der Waals surface area (Å²) in [5.74, 6) is 0.445. The summed E-state index contributed by atoms with van der Waals surface area (Å²) in [7, 11) is 0.